The van der Waals surface area contributed by atoms with Crippen molar-refractivity contribution in [3.05, 3.63) is 29.6 Å². The van der Waals surface area contributed by atoms with Crippen molar-refractivity contribution in [3.8, 4) is 5.75 Å². The van der Waals surface area contributed by atoms with Crippen molar-refractivity contribution in [2.45, 2.75) is 38.1 Å². The Hall–Kier alpha value is -2.11. The number of piperidine rings is 1. The van der Waals surface area contributed by atoms with Gasteiger partial charge in [-0.05, 0) is 37.0 Å². The van der Waals surface area contributed by atoms with E-state index >= 15 is 0 Å². The Balaban J connectivity index is 2.05. The van der Waals surface area contributed by atoms with Crippen LogP contribution in [0.5, 0.6) is 5.75 Å². The molecule has 0 saturated carbocycles. The van der Waals surface area contributed by atoms with E-state index in [1.807, 2.05) is 0 Å². The number of benzene rings is 1. The van der Waals surface area contributed by atoms with Crippen LogP contribution in [0.4, 0.5) is 4.39 Å². The van der Waals surface area contributed by atoms with E-state index in [1.54, 1.807) is 11.0 Å². The Labute approximate surface area is 135 Å². The monoisotopic (exact) mass is 323 g/mol. The highest BCUT2D eigenvalue weighted by atomic mass is 19.1. The molecule has 0 N–H and O–H groups in total. The quantitative estimate of drug-likeness (QED) is 0.780. The van der Waals surface area contributed by atoms with Crippen LogP contribution in [0.1, 0.15) is 31.2 Å². The van der Waals surface area contributed by atoms with Crippen molar-refractivity contribution in [2.75, 3.05) is 20.8 Å². The largest absolute Gasteiger partial charge is 0.494 e. The Kier molecular flexibility index (Phi) is 5.96. The molecule has 1 atom stereocenters. The molecule has 2 rings (SSSR count). The fourth-order valence-electron chi connectivity index (χ4n) is 2.91. The molecule has 126 valence electrons. The molecule has 5 nitrogen and oxygen atoms in total. The van der Waals surface area contributed by atoms with Crippen molar-refractivity contribution < 1.29 is 23.5 Å². The molecule has 1 aliphatic rings. The predicted octanol–water partition coefficient (Wildman–Crippen LogP) is 2.32. The van der Waals surface area contributed by atoms with Crippen LogP contribution in [0.2, 0.25) is 0 Å². The first-order chi connectivity index (χ1) is 11.0. The van der Waals surface area contributed by atoms with E-state index in [2.05, 4.69) is 0 Å². The Morgan fingerprint density at radius 2 is 2.09 bits per heavy atom. The molecule has 0 aromatic heterocycles. The summed E-state index contributed by atoms with van der Waals surface area (Å²) < 4.78 is 23.3. The lowest BCUT2D eigenvalue weighted by Crippen LogP contribution is -2.45. The average Bonchev–Trinajstić information content (AvgIpc) is 2.55. The van der Waals surface area contributed by atoms with Gasteiger partial charge in [0, 0.05) is 12.6 Å². The number of carbonyl (C=O) groups excluding carboxylic acids is 2. The van der Waals surface area contributed by atoms with Crippen LogP contribution in [-0.4, -0.2) is 43.6 Å². The predicted molar refractivity (Wildman–Crippen MR) is 82.6 cm³/mol. The van der Waals surface area contributed by atoms with E-state index < -0.39 is 5.82 Å². The van der Waals surface area contributed by atoms with Gasteiger partial charge < -0.3 is 14.4 Å². The highest BCUT2D eigenvalue weighted by molar-refractivity contribution is 5.80. The molecule has 23 heavy (non-hydrogen) atoms. The van der Waals surface area contributed by atoms with Crippen LogP contribution in [0.15, 0.2) is 18.2 Å². The average molecular weight is 323 g/mol. The maximum absolute atomic E-state index is 13.7. The van der Waals surface area contributed by atoms with Gasteiger partial charge in [0.25, 0.3) is 0 Å². The number of halogens is 1. The fourth-order valence-corrected chi connectivity index (χ4v) is 2.91. The van der Waals surface area contributed by atoms with E-state index in [4.69, 9.17) is 9.47 Å². The van der Waals surface area contributed by atoms with Gasteiger partial charge in [0.05, 0.1) is 27.1 Å². The minimum atomic E-state index is -0.484. The number of esters is 1. The van der Waals surface area contributed by atoms with Crippen LogP contribution < -0.4 is 4.74 Å². The number of hydrogen-bond acceptors (Lipinski definition) is 4. The van der Waals surface area contributed by atoms with Gasteiger partial charge in [0.15, 0.2) is 11.6 Å². The lowest BCUT2D eigenvalue weighted by atomic mass is 9.98. The lowest BCUT2D eigenvalue weighted by molar-refractivity contribution is -0.144. The van der Waals surface area contributed by atoms with Crippen LogP contribution in [-0.2, 0) is 20.7 Å². The zero-order valence-corrected chi connectivity index (χ0v) is 13.5. The molecule has 1 aromatic rings. The normalized spacial score (nSPS) is 17.7. The van der Waals surface area contributed by atoms with Crippen molar-refractivity contribution in [2.24, 2.45) is 0 Å². The second-order valence-corrected chi connectivity index (χ2v) is 5.66. The summed E-state index contributed by atoms with van der Waals surface area (Å²) in [5.74, 6) is -0.737. The molecule has 0 spiro atoms. The number of hydrogen-bond donors (Lipinski definition) is 0. The summed E-state index contributed by atoms with van der Waals surface area (Å²) in [4.78, 5) is 25.8. The smallest absolute Gasteiger partial charge is 0.307 e. The van der Waals surface area contributed by atoms with E-state index in [0.29, 0.717) is 12.1 Å². The summed E-state index contributed by atoms with van der Waals surface area (Å²) in [7, 11) is 2.74. The maximum Gasteiger partial charge on any atom is 0.307 e. The van der Waals surface area contributed by atoms with Crippen molar-refractivity contribution >= 4 is 11.9 Å². The van der Waals surface area contributed by atoms with Gasteiger partial charge in [-0.2, -0.15) is 0 Å². The number of amides is 1. The summed E-state index contributed by atoms with van der Waals surface area (Å²) in [5.41, 5.74) is 0.593. The maximum atomic E-state index is 13.7. The summed E-state index contributed by atoms with van der Waals surface area (Å²) in [6.07, 6.45) is 3.01. The molecule has 0 aliphatic carbocycles. The first kappa shape index (κ1) is 17.2. The van der Waals surface area contributed by atoms with E-state index in [0.717, 1.165) is 19.3 Å². The third kappa shape index (κ3) is 4.43. The Morgan fingerprint density at radius 3 is 2.74 bits per heavy atom. The molecule has 1 unspecified atom stereocenters. The second kappa shape index (κ2) is 7.94. The van der Waals surface area contributed by atoms with Crippen molar-refractivity contribution in [3.63, 3.8) is 0 Å². The van der Waals surface area contributed by atoms with Crippen molar-refractivity contribution in [1.29, 1.82) is 0 Å². The van der Waals surface area contributed by atoms with E-state index in [1.165, 1.54) is 26.4 Å². The molecule has 1 aliphatic heterocycles. The zero-order valence-electron chi connectivity index (χ0n) is 13.5. The van der Waals surface area contributed by atoms with Gasteiger partial charge in [-0.3, -0.25) is 9.59 Å². The standard InChI is InChI=1S/C17H22FNO4/c1-22-15-7-6-12(9-14(15)18)10-16(20)19-8-4-3-5-13(19)11-17(21)23-2/h6-7,9,13H,3-5,8,10-11H2,1-2H3. The van der Waals surface area contributed by atoms with Gasteiger partial charge >= 0.3 is 5.97 Å². The lowest BCUT2D eigenvalue weighted by Gasteiger charge is -2.35. The zero-order chi connectivity index (χ0) is 16.8. The molecule has 0 radical (unpaired) electrons. The van der Waals surface area contributed by atoms with Crippen LogP contribution in [0, 0.1) is 5.82 Å². The minimum Gasteiger partial charge on any atom is -0.494 e. The third-order valence-corrected chi connectivity index (χ3v) is 4.15. The van der Waals surface area contributed by atoms with E-state index in [9.17, 15) is 14.0 Å². The molecule has 1 heterocycles. The van der Waals surface area contributed by atoms with Crippen molar-refractivity contribution in [1.82, 2.24) is 4.90 Å². The first-order valence-corrected chi connectivity index (χ1v) is 7.74. The van der Waals surface area contributed by atoms with Gasteiger partial charge in [0.1, 0.15) is 0 Å². The number of nitrogens with zero attached hydrogens (tertiary/aromatic N) is 1. The molecule has 1 fully saturated rings. The molecular formula is C17H22FNO4. The van der Waals surface area contributed by atoms with Gasteiger partial charge in [-0.25, -0.2) is 4.39 Å². The number of rotatable bonds is 5. The highest BCUT2D eigenvalue weighted by Gasteiger charge is 2.28. The Bertz CT molecular complexity index is 576. The van der Waals surface area contributed by atoms with E-state index in [-0.39, 0.29) is 36.5 Å². The molecule has 0 bridgehead atoms. The number of ether oxygens (including phenoxy) is 2. The summed E-state index contributed by atoms with van der Waals surface area (Å²) in [6, 6.07) is 4.38. The summed E-state index contributed by atoms with van der Waals surface area (Å²) in [5, 5.41) is 0. The molecule has 1 saturated heterocycles. The SMILES string of the molecule is COC(=O)CC1CCCCN1C(=O)Cc1ccc(OC)c(F)c1. The second-order valence-electron chi connectivity index (χ2n) is 5.66. The van der Waals surface area contributed by atoms with Crippen LogP contribution in [0.25, 0.3) is 0 Å². The third-order valence-electron chi connectivity index (χ3n) is 4.15. The first-order valence-electron chi connectivity index (χ1n) is 7.74. The molecular weight excluding hydrogens is 301 g/mol. The molecule has 1 aromatic carbocycles. The number of carbonyl (C=O) groups is 2. The number of likely N-dealkylation sites (tertiary alicyclic amines) is 1. The van der Waals surface area contributed by atoms with Crippen LogP contribution in [0.3, 0.4) is 0 Å². The minimum absolute atomic E-state index is 0.0943. The summed E-state index contributed by atoms with van der Waals surface area (Å²) >= 11 is 0. The Morgan fingerprint density at radius 1 is 1.30 bits per heavy atom. The molecule has 1 amide bonds. The van der Waals surface area contributed by atoms with Gasteiger partial charge in [-0.15, -0.1) is 0 Å². The fraction of sp³-hybridized carbons (Fsp3) is 0.529. The van der Waals surface area contributed by atoms with Gasteiger partial charge in [-0.1, -0.05) is 6.07 Å². The van der Waals surface area contributed by atoms with Crippen LogP contribution >= 0.6 is 0 Å². The van der Waals surface area contributed by atoms with Gasteiger partial charge in [0.2, 0.25) is 5.91 Å². The summed E-state index contributed by atoms with van der Waals surface area (Å²) in [6.45, 7) is 0.624. The highest BCUT2D eigenvalue weighted by Crippen LogP contribution is 2.23. The molecule has 6 heteroatoms. The topological polar surface area (TPSA) is 55.8 Å². The number of methoxy groups -OCH3 is 2.